The van der Waals surface area contributed by atoms with Crippen LogP contribution in [0.1, 0.15) is 44.3 Å². The van der Waals surface area contributed by atoms with Gasteiger partial charge in [-0.3, -0.25) is 0 Å². The second-order valence-electron chi connectivity index (χ2n) is 7.40. The summed E-state index contributed by atoms with van der Waals surface area (Å²) in [7, 11) is 2.15. The number of likely N-dealkylation sites (N-methyl/N-ethyl adjacent to an activating group) is 1. The van der Waals surface area contributed by atoms with E-state index in [0.717, 1.165) is 29.9 Å². The smallest absolute Gasteiger partial charge is 0.105 e. The molecule has 1 atom stereocenters. The maximum absolute atomic E-state index is 5.59. The standard InChI is InChI=1S/C17H25NO/c1-18-16(8-15-3-2-4-19-15)17-9-12-5-13(10-17)7-14(6-12)11-17/h2-4,12-14,16,18H,5-11H2,1H3. The summed E-state index contributed by atoms with van der Waals surface area (Å²) in [5.74, 6) is 4.23. The quantitative estimate of drug-likeness (QED) is 0.893. The molecule has 0 aromatic carbocycles. The Kier molecular flexibility index (Phi) is 2.77. The van der Waals surface area contributed by atoms with E-state index in [-0.39, 0.29) is 0 Å². The van der Waals surface area contributed by atoms with E-state index in [2.05, 4.69) is 18.4 Å². The van der Waals surface area contributed by atoms with Crippen LogP contribution in [-0.4, -0.2) is 13.1 Å². The fraction of sp³-hybridized carbons (Fsp3) is 0.765. The first-order chi connectivity index (χ1) is 9.27. The van der Waals surface area contributed by atoms with Crippen molar-refractivity contribution in [1.29, 1.82) is 0 Å². The average Bonchev–Trinajstić information content (AvgIpc) is 2.87. The second-order valence-corrected chi connectivity index (χ2v) is 7.40. The monoisotopic (exact) mass is 259 g/mol. The summed E-state index contributed by atoms with van der Waals surface area (Å²) in [4.78, 5) is 0. The summed E-state index contributed by atoms with van der Waals surface area (Å²) in [5, 5.41) is 3.64. The van der Waals surface area contributed by atoms with Crippen molar-refractivity contribution in [3.8, 4) is 0 Å². The lowest BCUT2D eigenvalue weighted by Crippen LogP contribution is -2.56. The second kappa shape index (κ2) is 4.37. The fourth-order valence-electron chi connectivity index (χ4n) is 5.86. The minimum atomic E-state index is 0.566. The van der Waals surface area contributed by atoms with Gasteiger partial charge in [0, 0.05) is 12.5 Å². The minimum absolute atomic E-state index is 0.566. The van der Waals surface area contributed by atoms with E-state index in [1.165, 1.54) is 38.5 Å². The van der Waals surface area contributed by atoms with Crippen molar-refractivity contribution in [3.05, 3.63) is 24.2 Å². The van der Waals surface area contributed by atoms with Crippen LogP contribution in [0.5, 0.6) is 0 Å². The first-order valence-electron chi connectivity index (χ1n) is 7.97. The Labute approximate surface area is 116 Å². The van der Waals surface area contributed by atoms with E-state index >= 15 is 0 Å². The van der Waals surface area contributed by atoms with Crippen LogP contribution in [0.2, 0.25) is 0 Å². The van der Waals surface area contributed by atoms with Gasteiger partial charge in [0.1, 0.15) is 5.76 Å². The molecule has 1 unspecified atom stereocenters. The van der Waals surface area contributed by atoms with Gasteiger partial charge in [-0.15, -0.1) is 0 Å². The highest BCUT2D eigenvalue weighted by Crippen LogP contribution is 2.61. The molecule has 0 spiro atoms. The molecule has 0 aliphatic heterocycles. The minimum Gasteiger partial charge on any atom is -0.469 e. The molecule has 1 aromatic rings. The lowest BCUT2D eigenvalue weighted by molar-refractivity contribution is -0.0731. The molecule has 1 heterocycles. The van der Waals surface area contributed by atoms with Gasteiger partial charge < -0.3 is 9.73 Å². The third kappa shape index (κ3) is 1.96. The number of hydrogen-bond acceptors (Lipinski definition) is 2. The van der Waals surface area contributed by atoms with Crippen molar-refractivity contribution in [2.75, 3.05) is 7.05 Å². The molecule has 1 N–H and O–H groups in total. The van der Waals surface area contributed by atoms with Crippen molar-refractivity contribution in [1.82, 2.24) is 5.32 Å². The Morgan fingerprint density at radius 1 is 1.21 bits per heavy atom. The molecule has 2 nitrogen and oxygen atoms in total. The summed E-state index contributed by atoms with van der Waals surface area (Å²) in [6, 6.07) is 4.75. The maximum atomic E-state index is 5.59. The molecular weight excluding hydrogens is 234 g/mol. The van der Waals surface area contributed by atoms with Gasteiger partial charge in [-0.25, -0.2) is 0 Å². The predicted octanol–water partition coefficient (Wildman–Crippen LogP) is 3.63. The molecule has 0 saturated heterocycles. The number of furan rings is 1. The highest BCUT2D eigenvalue weighted by molar-refractivity contribution is 5.10. The maximum Gasteiger partial charge on any atom is 0.105 e. The molecule has 4 aliphatic rings. The van der Waals surface area contributed by atoms with Gasteiger partial charge in [0.25, 0.3) is 0 Å². The van der Waals surface area contributed by atoms with Gasteiger partial charge in [-0.1, -0.05) is 0 Å². The van der Waals surface area contributed by atoms with E-state index in [1.807, 2.05) is 12.3 Å². The van der Waals surface area contributed by atoms with Crippen molar-refractivity contribution >= 4 is 0 Å². The lowest BCUT2D eigenvalue weighted by atomic mass is 9.47. The van der Waals surface area contributed by atoms with Crippen molar-refractivity contribution in [2.24, 2.45) is 23.2 Å². The van der Waals surface area contributed by atoms with Crippen LogP contribution in [0.25, 0.3) is 0 Å². The van der Waals surface area contributed by atoms with Crippen LogP contribution in [0.4, 0.5) is 0 Å². The molecule has 5 rings (SSSR count). The Balaban J connectivity index is 1.58. The van der Waals surface area contributed by atoms with Crippen molar-refractivity contribution in [2.45, 2.75) is 51.0 Å². The SMILES string of the molecule is CNC(Cc1ccco1)C12CC3CC(CC(C3)C1)C2. The molecule has 104 valence electrons. The first kappa shape index (κ1) is 12.0. The van der Waals surface area contributed by atoms with Crippen LogP contribution in [0.3, 0.4) is 0 Å². The Bertz CT molecular complexity index is 401. The molecule has 4 saturated carbocycles. The Hall–Kier alpha value is -0.760. The number of hydrogen-bond donors (Lipinski definition) is 1. The van der Waals surface area contributed by atoms with Crippen molar-refractivity contribution in [3.63, 3.8) is 0 Å². The Morgan fingerprint density at radius 2 is 1.84 bits per heavy atom. The molecule has 4 fully saturated rings. The Morgan fingerprint density at radius 3 is 2.32 bits per heavy atom. The molecule has 4 bridgehead atoms. The molecule has 2 heteroatoms. The van der Waals surface area contributed by atoms with Gasteiger partial charge in [0.15, 0.2) is 0 Å². The van der Waals surface area contributed by atoms with Gasteiger partial charge in [-0.2, -0.15) is 0 Å². The average molecular weight is 259 g/mol. The van der Waals surface area contributed by atoms with E-state index < -0.39 is 0 Å². The fourth-order valence-corrected chi connectivity index (χ4v) is 5.86. The highest BCUT2D eigenvalue weighted by atomic mass is 16.3. The van der Waals surface area contributed by atoms with E-state index in [4.69, 9.17) is 4.42 Å². The van der Waals surface area contributed by atoms with Crippen LogP contribution >= 0.6 is 0 Å². The van der Waals surface area contributed by atoms with Crippen LogP contribution in [-0.2, 0) is 6.42 Å². The predicted molar refractivity (Wildman–Crippen MR) is 75.9 cm³/mol. The molecular formula is C17H25NO. The topological polar surface area (TPSA) is 25.2 Å². The van der Waals surface area contributed by atoms with Gasteiger partial charge in [0.2, 0.25) is 0 Å². The van der Waals surface area contributed by atoms with Crippen LogP contribution in [0, 0.1) is 23.2 Å². The summed E-state index contributed by atoms with van der Waals surface area (Å²) in [6.45, 7) is 0. The van der Waals surface area contributed by atoms with E-state index in [9.17, 15) is 0 Å². The number of rotatable bonds is 4. The highest BCUT2D eigenvalue weighted by Gasteiger charge is 2.53. The molecule has 1 aromatic heterocycles. The normalized spacial score (nSPS) is 41.6. The summed E-state index contributed by atoms with van der Waals surface area (Å²) in [6.07, 6.45) is 11.8. The largest absolute Gasteiger partial charge is 0.469 e. The molecule has 19 heavy (non-hydrogen) atoms. The summed E-state index contributed by atoms with van der Waals surface area (Å²) < 4.78 is 5.59. The summed E-state index contributed by atoms with van der Waals surface area (Å²) in [5.41, 5.74) is 0.566. The lowest BCUT2D eigenvalue weighted by Gasteiger charge is -2.59. The zero-order valence-corrected chi connectivity index (χ0v) is 11.9. The van der Waals surface area contributed by atoms with Gasteiger partial charge in [-0.05, 0) is 80.9 Å². The van der Waals surface area contributed by atoms with Gasteiger partial charge in [0.05, 0.1) is 6.26 Å². The zero-order valence-electron chi connectivity index (χ0n) is 11.9. The first-order valence-corrected chi connectivity index (χ1v) is 7.97. The third-order valence-corrected chi connectivity index (χ3v) is 6.16. The van der Waals surface area contributed by atoms with E-state index in [0.29, 0.717) is 11.5 Å². The van der Waals surface area contributed by atoms with Crippen LogP contribution in [0.15, 0.2) is 22.8 Å². The molecule has 0 amide bonds. The van der Waals surface area contributed by atoms with Gasteiger partial charge >= 0.3 is 0 Å². The third-order valence-electron chi connectivity index (χ3n) is 6.16. The molecule has 0 radical (unpaired) electrons. The number of nitrogens with one attached hydrogen (secondary N) is 1. The van der Waals surface area contributed by atoms with Crippen LogP contribution < -0.4 is 5.32 Å². The zero-order chi connectivity index (χ0) is 12.9. The summed E-state index contributed by atoms with van der Waals surface area (Å²) >= 11 is 0. The van der Waals surface area contributed by atoms with E-state index in [1.54, 1.807) is 0 Å². The molecule has 4 aliphatic carbocycles. The van der Waals surface area contributed by atoms with Crippen molar-refractivity contribution < 1.29 is 4.42 Å².